The fraction of sp³-hybridized carbons (Fsp3) is 0. The molecule has 0 atom stereocenters. The first-order valence-electron chi connectivity index (χ1n) is 8.80. The van der Waals surface area contributed by atoms with E-state index >= 15 is 0 Å². The van der Waals surface area contributed by atoms with Gasteiger partial charge in [-0.3, -0.25) is 9.97 Å². The second-order valence-electron chi connectivity index (χ2n) is 6.27. The summed E-state index contributed by atoms with van der Waals surface area (Å²) in [6.07, 6.45) is 5.66. The van der Waals surface area contributed by atoms with E-state index in [0.29, 0.717) is 0 Å². The molecular formula is C23H16N4. The Morgan fingerprint density at radius 2 is 1.22 bits per heavy atom. The summed E-state index contributed by atoms with van der Waals surface area (Å²) in [4.78, 5) is 13.8. The van der Waals surface area contributed by atoms with Crippen molar-refractivity contribution in [3.05, 3.63) is 97.5 Å². The van der Waals surface area contributed by atoms with Crippen molar-refractivity contribution in [1.29, 1.82) is 0 Å². The van der Waals surface area contributed by atoms with Crippen LogP contribution in [-0.2, 0) is 0 Å². The quantitative estimate of drug-likeness (QED) is 0.453. The van der Waals surface area contributed by atoms with E-state index < -0.39 is 0 Å². The Labute approximate surface area is 156 Å². The van der Waals surface area contributed by atoms with Crippen LogP contribution < -0.4 is 0 Å². The van der Waals surface area contributed by atoms with Crippen LogP contribution in [0.1, 0.15) is 0 Å². The Kier molecular flexibility index (Phi) is 3.72. The molecule has 128 valence electrons. The summed E-state index contributed by atoms with van der Waals surface area (Å²) in [5.41, 5.74) is 5.52. The molecule has 0 spiro atoms. The molecule has 0 N–H and O–H groups in total. The topological polar surface area (TPSA) is 43.6 Å². The molecule has 0 fully saturated rings. The molecule has 0 saturated carbocycles. The van der Waals surface area contributed by atoms with Gasteiger partial charge in [0.25, 0.3) is 0 Å². The molecule has 5 rings (SSSR count). The van der Waals surface area contributed by atoms with Crippen LogP contribution in [0, 0.1) is 0 Å². The molecule has 1 aromatic carbocycles. The van der Waals surface area contributed by atoms with Gasteiger partial charge in [-0.2, -0.15) is 0 Å². The fourth-order valence-corrected chi connectivity index (χ4v) is 3.25. The highest BCUT2D eigenvalue weighted by molar-refractivity contribution is 5.82. The summed E-state index contributed by atoms with van der Waals surface area (Å²) in [5, 5.41) is 1.20. The van der Waals surface area contributed by atoms with E-state index in [9.17, 15) is 0 Å². The fourth-order valence-electron chi connectivity index (χ4n) is 3.25. The third kappa shape index (κ3) is 2.87. The smallest absolute Gasteiger partial charge is 0.0915 e. The lowest BCUT2D eigenvalue weighted by atomic mass is 10.1. The maximum atomic E-state index is 4.83. The molecular weight excluding hydrogens is 332 g/mol. The van der Waals surface area contributed by atoms with Gasteiger partial charge in [0.05, 0.1) is 28.3 Å². The molecule has 0 aliphatic rings. The molecule has 5 aromatic rings. The average Bonchev–Trinajstić information content (AvgIpc) is 3.19. The zero-order chi connectivity index (χ0) is 18.1. The highest BCUT2D eigenvalue weighted by Crippen LogP contribution is 2.27. The van der Waals surface area contributed by atoms with Crippen molar-refractivity contribution in [2.75, 3.05) is 0 Å². The lowest BCUT2D eigenvalue weighted by molar-refractivity contribution is 1.11. The van der Waals surface area contributed by atoms with Gasteiger partial charge in [0.15, 0.2) is 0 Å². The minimum atomic E-state index is 0.825. The molecule has 4 heteroatoms. The van der Waals surface area contributed by atoms with Crippen LogP contribution >= 0.6 is 0 Å². The summed E-state index contributed by atoms with van der Waals surface area (Å²) < 4.78 is 2.18. The number of para-hydroxylation sites is 1. The van der Waals surface area contributed by atoms with Gasteiger partial charge in [0.1, 0.15) is 0 Å². The van der Waals surface area contributed by atoms with Gasteiger partial charge < -0.3 is 4.57 Å². The lowest BCUT2D eigenvalue weighted by Crippen LogP contribution is -1.98. The lowest BCUT2D eigenvalue weighted by Gasteiger charge is -2.11. The normalized spacial score (nSPS) is 11.0. The molecule has 27 heavy (non-hydrogen) atoms. The number of hydrogen-bond donors (Lipinski definition) is 0. The van der Waals surface area contributed by atoms with E-state index in [-0.39, 0.29) is 0 Å². The number of fused-ring (bicyclic) bond motifs is 1. The van der Waals surface area contributed by atoms with Crippen LogP contribution in [0.4, 0.5) is 0 Å². The second kappa shape index (κ2) is 6.50. The Balaban J connectivity index is 1.76. The summed E-state index contributed by atoms with van der Waals surface area (Å²) >= 11 is 0. The van der Waals surface area contributed by atoms with Crippen molar-refractivity contribution in [2.24, 2.45) is 0 Å². The third-order valence-electron chi connectivity index (χ3n) is 4.54. The number of rotatable bonds is 3. The summed E-state index contributed by atoms with van der Waals surface area (Å²) in [7, 11) is 0. The van der Waals surface area contributed by atoms with Gasteiger partial charge >= 0.3 is 0 Å². The van der Waals surface area contributed by atoms with Crippen LogP contribution in [0.3, 0.4) is 0 Å². The molecule has 0 saturated heterocycles. The highest BCUT2D eigenvalue weighted by atomic mass is 15.0. The number of benzene rings is 1. The first kappa shape index (κ1) is 15.5. The van der Waals surface area contributed by atoms with Gasteiger partial charge in [0, 0.05) is 24.3 Å². The second-order valence-corrected chi connectivity index (χ2v) is 6.27. The molecule has 0 aliphatic carbocycles. The van der Waals surface area contributed by atoms with E-state index in [1.807, 2.05) is 36.4 Å². The summed E-state index contributed by atoms with van der Waals surface area (Å²) in [6, 6.07) is 26.3. The van der Waals surface area contributed by atoms with Crippen molar-refractivity contribution in [3.8, 4) is 28.5 Å². The minimum Gasteiger partial charge on any atom is -0.316 e. The zero-order valence-electron chi connectivity index (χ0n) is 14.5. The van der Waals surface area contributed by atoms with Gasteiger partial charge in [-0.25, -0.2) is 4.98 Å². The van der Waals surface area contributed by atoms with Gasteiger partial charge in [-0.15, -0.1) is 0 Å². The van der Waals surface area contributed by atoms with Crippen molar-refractivity contribution in [1.82, 2.24) is 19.5 Å². The highest BCUT2D eigenvalue weighted by Gasteiger charge is 2.11. The van der Waals surface area contributed by atoms with Crippen molar-refractivity contribution >= 4 is 10.9 Å². The van der Waals surface area contributed by atoms with Crippen molar-refractivity contribution in [3.63, 3.8) is 0 Å². The maximum Gasteiger partial charge on any atom is 0.0915 e. The number of aromatic nitrogens is 4. The SMILES string of the molecule is c1ccc(-c2cc(-n3ccc4ccccc43)cc(-c3ccccn3)n2)nc1. The van der Waals surface area contributed by atoms with Gasteiger partial charge in [0.2, 0.25) is 0 Å². The first-order chi connectivity index (χ1) is 13.4. The van der Waals surface area contributed by atoms with Gasteiger partial charge in [-0.1, -0.05) is 30.3 Å². The van der Waals surface area contributed by atoms with E-state index in [1.165, 1.54) is 5.39 Å². The van der Waals surface area contributed by atoms with E-state index in [1.54, 1.807) is 12.4 Å². The largest absolute Gasteiger partial charge is 0.316 e. The Bertz CT molecular complexity index is 1150. The number of hydrogen-bond acceptors (Lipinski definition) is 3. The van der Waals surface area contributed by atoms with E-state index in [2.05, 4.69) is 63.2 Å². The van der Waals surface area contributed by atoms with Crippen LogP contribution in [0.2, 0.25) is 0 Å². The van der Waals surface area contributed by atoms with E-state index in [4.69, 9.17) is 4.98 Å². The monoisotopic (exact) mass is 348 g/mol. The molecule has 4 nitrogen and oxygen atoms in total. The molecule has 0 radical (unpaired) electrons. The minimum absolute atomic E-state index is 0.825. The Morgan fingerprint density at radius 1 is 0.593 bits per heavy atom. The molecule has 0 bridgehead atoms. The van der Waals surface area contributed by atoms with Crippen molar-refractivity contribution in [2.45, 2.75) is 0 Å². The molecule has 4 aromatic heterocycles. The van der Waals surface area contributed by atoms with E-state index in [0.717, 1.165) is 34.0 Å². The molecule has 0 amide bonds. The number of nitrogens with zero attached hydrogens (tertiary/aromatic N) is 4. The first-order valence-corrected chi connectivity index (χ1v) is 8.80. The standard InChI is InChI=1S/C23H16N4/c1-2-10-23-17(7-1)11-14-27(23)18-15-21(19-8-3-5-12-24-19)26-22(16-18)20-9-4-6-13-25-20/h1-16H. The molecule has 0 unspecified atom stereocenters. The van der Waals surface area contributed by atoms with Crippen LogP contribution in [0.25, 0.3) is 39.4 Å². The molecule has 4 heterocycles. The van der Waals surface area contributed by atoms with Gasteiger partial charge in [-0.05, 0) is 53.9 Å². The Hall–Kier alpha value is -3.79. The zero-order valence-corrected chi connectivity index (χ0v) is 14.5. The average molecular weight is 348 g/mol. The maximum absolute atomic E-state index is 4.83. The van der Waals surface area contributed by atoms with Crippen LogP contribution in [-0.4, -0.2) is 19.5 Å². The Morgan fingerprint density at radius 3 is 1.85 bits per heavy atom. The van der Waals surface area contributed by atoms with Crippen molar-refractivity contribution < 1.29 is 0 Å². The van der Waals surface area contributed by atoms with Crippen LogP contribution in [0.15, 0.2) is 97.5 Å². The number of pyridine rings is 3. The summed E-state index contributed by atoms with van der Waals surface area (Å²) in [6.45, 7) is 0. The predicted molar refractivity (Wildman–Crippen MR) is 108 cm³/mol. The predicted octanol–water partition coefficient (Wildman–Crippen LogP) is 5.15. The third-order valence-corrected chi connectivity index (χ3v) is 4.54. The molecule has 0 aliphatic heterocycles. The summed E-state index contributed by atoms with van der Waals surface area (Å²) in [5.74, 6) is 0. The van der Waals surface area contributed by atoms with Crippen LogP contribution in [0.5, 0.6) is 0 Å².